The first-order chi connectivity index (χ1) is 25.0. The number of aromatic nitrogens is 1. The maximum Gasteiger partial charge on any atom is 0.330 e. The van der Waals surface area contributed by atoms with E-state index in [-0.39, 0.29) is 37.8 Å². The molecule has 2 aromatic carbocycles. The van der Waals surface area contributed by atoms with Crippen LogP contribution in [0.4, 0.5) is 4.79 Å². The van der Waals surface area contributed by atoms with E-state index in [1.165, 1.54) is 22.3 Å². The van der Waals surface area contributed by atoms with Gasteiger partial charge in [0, 0.05) is 59.0 Å². The number of carboxylic acid groups (broad SMARTS) is 1. The molecule has 0 radical (unpaired) electrons. The molecule has 0 unspecified atom stereocenters. The Kier molecular flexibility index (Phi) is 10.8. The van der Waals surface area contributed by atoms with Gasteiger partial charge in [0.05, 0.1) is 24.9 Å². The Bertz CT molecular complexity index is 1950. The van der Waals surface area contributed by atoms with E-state index in [0.717, 1.165) is 10.9 Å². The van der Waals surface area contributed by atoms with Crippen LogP contribution in [0.15, 0.2) is 84.1 Å². The molecule has 0 bridgehead atoms. The fraction of sp³-hybridized carbons (Fsp3) is 0.359. The maximum absolute atomic E-state index is 14.1. The van der Waals surface area contributed by atoms with Crippen LogP contribution in [0.1, 0.15) is 43.5 Å². The van der Waals surface area contributed by atoms with Gasteiger partial charge in [0.25, 0.3) is 5.91 Å². The molecule has 13 heteroatoms. The quantitative estimate of drug-likeness (QED) is 0.124. The lowest BCUT2D eigenvalue weighted by Crippen LogP contribution is -2.56. The largest absolute Gasteiger partial charge is 0.497 e. The zero-order valence-electron chi connectivity index (χ0n) is 29.3. The number of carboxylic acids is 1. The van der Waals surface area contributed by atoms with Gasteiger partial charge in [0.15, 0.2) is 0 Å². The Morgan fingerprint density at radius 1 is 1.13 bits per heavy atom. The Morgan fingerprint density at radius 2 is 1.92 bits per heavy atom. The summed E-state index contributed by atoms with van der Waals surface area (Å²) in [6.07, 6.45) is 1.78. The number of carbonyl (C=O) groups excluding carboxylic acids is 3. The molecule has 2 aliphatic rings. The van der Waals surface area contributed by atoms with Crippen LogP contribution in [0.25, 0.3) is 22.2 Å². The highest BCUT2D eigenvalue weighted by molar-refractivity contribution is 7.08. The molecule has 1 aliphatic heterocycles. The molecular formula is C39H43N5O7S. The fourth-order valence-corrected chi connectivity index (χ4v) is 7.38. The minimum Gasteiger partial charge on any atom is -0.497 e. The zero-order valence-corrected chi connectivity index (χ0v) is 30.2. The van der Waals surface area contributed by atoms with Gasteiger partial charge in [-0.2, -0.15) is 11.3 Å². The average Bonchev–Trinajstić information content (AvgIpc) is 3.43. The van der Waals surface area contributed by atoms with Crippen molar-refractivity contribution < 1.29 is 33.8 Å². The highest BCUT2D eigenvalue weighted by Gasteiger charge is 2.61. The lowest BCUT2D eigenvalue weighted by molar-refractivity contribution is -0.144. The number of ether oxygens (including phenoxy) is 2. The minimum atomic E-state index is -1.48. The van der Waals surface area contributed by atoms with Crippen molar-refractivity contribution in [1.29, 1.82) is 0 Å². The number of amides is 4. The van der Waals surface area contributed by atoms with Crippen molar-refractivity contribution in [1.82, 2.24) is 25.8 Å². The number of nitrogens with one attached hydrogen (secondary N) is 3. The molecule has 1 saturated heterocycles. The highest BCUT2D eigenvalue weighted by Crippen LogP contribution is 2.45. The van der Waals surface area contributed by atoms with Crippen LogP contribution in [-0.4, -0.2) is 82.7 Å². The lowest BCUT2D eigenvalue weighted by atomic mass is 10.0. The van der Waals surface area contributed by atoms with E-state index in [9.17, 15) is 24.3 Å². The Morgan fingerprint density at radius 3 is 2.58 bits per heavy atom. The highest BCUT2D eigenvalue weighted by atomic mass is 32.1. The Hall–Kier alpha value is -5.43. The molecule has 2 aromatic heterocycles. The van der Waals surface area contributed by atoms with Crippen molar-refractivity contribution in [3.05, 3.63) is 89.6 Å². The molecule has 1 saturated carbocycles. The third kappa shape index (κ3) is 7.89. The smallest absolute Gasteiger partial charge is 0.330 e. The number of pyridine rings is 1. The summed E-state index contributed by atoms with van der Waals surface area (Å²) in [6, 6.07) is 16.7. The van der Waals surface area contributed by atoms with E-state index in [1.54, 1.807) is 18.6 Å². The molecule has 272 valence electrons. The third-order valence-electron chi connectivity index (χ3n) is 9.57. The predicted octanol–water partition coefficient (Wildman–Crippen LogP) is 5.49. The molecule has 5 atom stereocenters. The molecule has 6 rings (SSSR count). The van der Waals surface area contributed by atoms with Crippen LogP contribution >= 0.6 is 11.3 Å². The van der Waals surface area contributed by atoms with Gasteiger partial charge < -0.3 is 35.4 Å². The summed E-state index contributed by atoms with van der Waals surface area (Å²) in [5, 5.41) is 23.0. The number of hydrogen-bond acceptors (Lipinski definition) is 8. The van der Waals surface area contributed by atoms with E-state index in [2.05, 4.69) is 22.5 Å². The molecule has 3 heterocycles. The first-order valence-electron chi connectivity index (χ1n) is 17.3. The van der Waals surface area contributed by atoms with Crippen molar-refractivity contribution >= 4 is 46.1 Å². The van der Waals surface area contributed by atoms with Crippen LogP contribution in [0.5, 0.6) is 11.5 Å². The van der Waals surface area contributed by atoms with Gasteiger partial charge in [-0.25, -0.2) is 14.6 Å². The van der Waals surface area contributed by atoms with Crippen LogP contribution in [-0.2, 0) is 9.59 Å². The van der Waals surface area contributed by atoms with Gasteiger partial charge in [-0.3, -0.25) is 9.59 Å². The molecule has 52 heavy (non-hydrogen) atoms. The van der Waals surface area contributed by atoms with Crippen molar-refractivity contribution in [2.75, 3.05) is 20.2 Å². The molecular weight excluding hydrogens is 683 g/mol. The number of carbonyl (C=O) groups is 4. The number of hydrogen-bond donors (Lipinski definition) is 4. The van der Waals surface area contributed by atoms with Crippen LogP contribution in [0, 0.1) is 11.8 Å². The number of urea groups is 1. The summed E-state index contributed by atoms with van der Waals surface area (Å²) < 4.78 is 12.1. The summed E-state index contributed by atoms with van der Waals surface area (Å²) in [4.78, 5) is 59.3. The molecule has 4 amide bonds. The van der Waals surface area contributed by atoms with Gasteiger partial charge in [-0.05, 0) is 42.3 Å². The summed E-state index contributed by atoms with van der Waals surface area (Å²) >= 11 is 1.42. The second-order valence-electron chi connectivity index (χ2n) is 13.7. The van der Waals surface area contributed by atoms with E-state index < -0.39 is 47.6 Å². The third-order valence-corrected chi connectivity index (χ3v) is 10.3. The standard InChI is InChI=1S/C39H43N5O7S/c1-5-26-19-39(26,37(47)48)43-36(46)33-17-29(21-44(33)38(49)41-27(15-23(2)3)20-40-35(45)25-13-14-52-22-25)51-34-18-31(24-9-7-6-8-10-24)42-32-16-28(50-4)11-12-30(32)34/h5-14,16,18,22-23,26-27,29,33H,1,15,17,19-21H2,2-4H3,(H,40,45)(H,41,49)(H,43,46)(H,47,48)/t26-,27+,29-,33+,39-/m1/s1. The zero-order chi connectivity index (χ0) is 37.0. The average molecular weight is 726 g/mol. The number of likely N-dealkylation sites (tertiary alicyclic amines) is 1. The summed E-state index contributed by atoms with van der Waals surface area (Å²) in [7, 11) is 1.58. The fourth-order valence-electron chi connectivity index (χ4n) is 6.74. The van der Waals surface area contributed by atoms with Crippen molar-refractivity contribution in [3.8, 4) is 22.8 Å². The van der Waals surface area contributed by atoms with Gasteiger partial charge in [-0.15, -0.1) is 6.58 Å². The minimum absolute atomic E-state index is 0.0468. The Labute approximate surface area is 306 Å². The SMILES string of the molecule is C=C[C@@H]1C[C@]1(NC(=O)[C@@H]1C[C@@H](Oc2cc(-c3ccccc3)nc3cc(OC)ccc23)CN1C(=O)N[C@H](CNC(=O)c1ccsc1)CC(C)C)C(=O)O. The molecule has 4 N–H and O–H groups in total. The lowest BCUT2D eigenvalue weighted by Gasteiger charge is -2.29. The van der Waals surface area contributed by atoms with Crippen molar-refractivity contribution in [2.24, 2.45) is 11.8 Å². The normalized spacial score (nSPS) is 21.3. The van der Waals surface area contributed by atoms with E-state index in [1.807, 2.05) is 73.8 Å². The van der Waals surface area contributed by atoms with Gasteiger partial charge in [0.1, 0.15) is 29.2 Å². The second kappa shape index (κ2) is 15.4. The number of thiophene rings is 1. The van der Waals surface area contributed by atoms with E-state index in [0.29, 0.717) is 34.7 Å². The number of aliphatic carboxylic acids is 1. The van der Waals surface area contributed by atoms with E-state index >= 15 is 0 Å². The van der Waals surface area contributed by atoms with Crippen LogP contribution in [0.2, 0.25) is 0 Å². The molecule has 2 fully saturated rings. The monoisotopic (exact) mass is 725 g/mol. The summed E-state index contributed by atoms with van der Waals surface area (Å²) in [5.74, 6) is -1.08. The first-order valence-corrected chi connectivity index (χ1v) is 18.2. The maximum atomic E-state index is 14.1. The van der Waals surface area contributed by atoms with Crippen LogP contribution < -0.4 is 25.4 Å². The summed E-state index contributed by atoms with van der Waals surface area (Å²) in [6.45, 7) is 7.99. The number of nitrogens with zero attached hydrogens (tertiary/aromatic N) is 2. The number of rotatable bonds is 14. The molecule has 1 aliphatic carbocycles. The number of benzene rings is 2. The van der Waals surface area contributed by atoms with Gasteiger partial charge >= 0.3 is 12.0 Å². The van der Waals surface area contributed by atoms with Crippen molar-refractivity contribution in [2.45, 2.75) is 56.8 Å². The number of fused-ring (bicyclic) bond motifs is 1. The molecule has 0 spiro atoms. The first kappa shape index (κ1) is 36.4. The predicted molar refractivity (Wildman–Crippen MR) is 198 cm³/mol. The van der Waals surface area contributed by atoms with Gasteiger partial charge in [0.2, 0.25) is 5.91 Å². The molecule has 12 nitrogen and oxygen atoms in total. The molecule has 4 aromatic rings. The number of methoxy groups -OCH3 is 1. The van der Waals surface area contributed by atoms with Crippen LogP contribution in [0.3, 0.4) is 0 Å². The Balaban J connectivity index is 1.27. The topological polar surface area (TPSA) is 159 Å². The summed E-state index contributed by atoms with van der Waals surface area (Å²) in [5.41, 5.74) is 1.26. The second-order valence-corrected chi connectivity index (χ2v) is 14.5. The van der Waals surface area contributed by atoms with E-state index in [4.69, 9.17) is 14.5 Å². The van der Waals surface area contributed by atoms with Crippen molar-refractivity contribution in [3.63, 3.8) is 0 Å². The van der Waals surface area contributed by atoms with Gasteiger partial charge in [-0.1, -0.05) is 50.3 Å².